The number of hydrogen-bond acceptors (Lipinski definition) is 3. The van der Waals surface area contributed by atoms with Crippen LogP contribution in [0.3, 0.4) is 0 Å². The van der Waals surface area contributed by atoms with Gasteiger partial charge < -0.3 is 10.3 Å². The van der Waals surface area contributed by atoms with E-state index in [4.69, 9.17) is 0 Å². The molecule has 0 aliphatic carbocycles. The van der Waals surface area contributed by atoms with Crippen molar-refractivity contribution in [2.24, 2.45) is 0 Å². The van der Waals surface area contributed by atoms with E-state index in [1.54, 1.807) is 0 Å². The van der Waals surface area contributed by atoms with Crippen LogP contribution >= 0.6 is 0 Å². The van der Waals surface area contributed by atoms with E-state index in [-0.39, 0.29) is 0 Å². The predicted octanol–water partition coefficient (Wildman–Crippen LogP) is 2.12. The lowest BCUT2D eigenvalue weighted by atomic mass is 9.93. The molecule has 0 bridgehead atoms. The van der Waals surface area contributed by atoms with Crippen molar-refractivity contribution in [2.45, 2.75) is 38.6 Å². The summed E-state index contributed by atoms with van der Waals surface area (Å²) in [6.45, 7) is 5.37. The number of nitrogens with one attached hydrogen (secondary N) is 2. The molecule has 4 heteroatoms. The Labute approximate surface area is 101 Å². The van der Waals surface area contributed by atoms with E-state index in [2.05, 4.69) is 40.2 Å². The summed E-state index contributed by atoms with van der Waals surface area (Å²) in [5.74, 6) is 1.65. The molecule has 90 valence electrons. The molecule has 3 heterocycles. The minimum atomic E-state index is 0.542. The molecule has 0 radical (unpaired) electrons. The van der Waals surface area contributed by atoms with Crippen LogP contribution in [0.15, 0.2) is 12.3 Å². The minimum absolute atomic E-state index is 0.542. The number of nitrogens with zero attached hydrogens (tertiary/aromatic N) is 2. The molecule has 3 rings (SSSR count). The first-order chi connectivity index (χ1) is 8.22. The molecular weight excluding hydrogens is 212 g/mol. The highest BCUT2D eigenvalue weighted by molar-refractivity contribution is 5.71. The van der Waals surface area contributed by atoms with E-state index in [1.807, 2.05) is 6.20 Å². The third kappa shape index (κ3) is 2.05. The number of H-pyrrole nitrogens is 1. The fourth-order valence-corrected chi connectivity index (χ4v) is 2.60. The van der Waals surface area contributed by atoms with Gasteiger partial charge in [0.2, 0.25) is 0 Å². The van der Waals surface area contributed by atoms with Crippen LogP contribution in [0.2, 0.25) is 0 Å². The Morgan fingerprint density at radius 1 is 1.41 bits per heavy atom. The second-order valence-corrected chi connectivity index (χ2v) is 5.08. The summed E-state index contributed by atoms with van der Waals surface area (Å²) in [6, 6.07) is 2.69. The number of aryl methyl sites for hydroxylation is 1. The summed E-state index contributed by atoms with van der Waals surface area (Å²) in [4.78, 5) is 12.4. The van der Waals surface area contributed by atoms with Crippen molar-refractivity contribution in [3.8, 4) is 0 Å². The molecule has 2 N–H and O–H groups in total. The first kappa shape index (κ1) is 10.7. The fraction of sp³-hybridized carbons (Fsp3) is 0.538. The Bertz CT molecular complexity index is 531. The van der Waals surface area contributed by atoms with Crippen LogP contribution in [-0.4, -0.2) is 27.5 Å². The summed E-state index contributed by atoms with van der Waals surface area (Å²) >= 11 is 0. The van der Waals surface area contributed by atoms with Gasteiger partial charge in [-0.05, 0) is 44.9 Å². The first-order valence-corrected chi connectivity index (χ1v) is 6.28. The maximum atomic E-state index is 4.62. The Morgan fingerprint density at radius 3 is 3.12 bits per heavy atom. The Kier molecular flexibility index (Phi) is 2.59. The van der Waals surface area contributed by atoms with Gasteiger partial charge in [0.25, 0.3) is 0 Å². The van der Waals surface area contributed by atoms with Gasteiger partial charge in [0, 0.05) is 18.2 Å². The second kappa shape index (κ2) is 4.11. The molecule has 2 aromatic heterocycles. The number of pyridine rings is 1. The normalized spacial score (nSPS) is 25.3. The third-order valence-electron chi connectivity index (χ3n) is 3.50. The zero-order valence-corrected chi connectivity index (χ0v) is 10.3. The van der Waals surface area contributed by atoms with Gasteiger partial charge in [0.15, 0.2) is 5.65 Å². The molecule has 1 fully saturated rings. The summed E-state index contributed by atoms with van der Waals surface area (Å²) < 4.78 is 0. The van der Waals surface area contributed by atoms with Crippen molar-refractivity contribution in [3.05, 3.63) is 23.7 Å². The van der Waals surface area contributed by atoms with Crippen LogP contribution in [0.4, 0.5) is 0 Å². The average Bonchev–Trinajstić information content (AvgIpc) is 2.72. The number of aromatic nitrogens is 3. The molecule has 2 unspecified atom stereocenters. The van der Waals surface area contributed by atoms with Gasteiger partial charge in [0.1, 0.15) is 5.82 Å². The summed E-state index contributed by atoms with van der Waals surface area (Å²) in [7, 11) is 0. The number of rotatable bonds is 1. The standard InChI is InChI=1S/C13H18N4/c1-8-5-11-13(15-7-8)17-12(16-11)10-3-4-14-9(2)6-10/h5,7,9-10,14H,3-4,6H2,1-2H3,(H,15,16,17). The molecule has 0 amide bonds. The molecule has 1 saturated heterocycles. The third-order valence-corrected chi connectivity index (χ3v) is 3.50. The Hall–Kier alpha value is -1.42. The van der Waals surface area contributed by atoms with Crippen molar-refractivity contribution >= 4 is 11.2 Å². The molecular formula is C13H18N4. The highest BCUT2D eigenvalue weighted by Gasteiger charge is 2.22. The van der Waals surface area contributed by atoms with Crippen molar-refractivity contribution in [2.75, 3.05) is 6.54 Å². The smallest absolute Gasteiger partial charge is 0.177 e. The van der Waals surface area contributed by atoms with Crippen molar-refractivity contribution < 1.29 is 0 Å². The molecule has 0 aromatic carbocycles. The molecule has 0 saturated carbocycles. The van der Waals surface area contributed by atoms with E-state index in [0.29, 0.717) is 12.0 Å². The number of hydrogen-bond donors (Lipinski definition) is 2. The Balaban J connectivity index is 1.94. The van der Waals surface area contributed by atoms with Gasteiger partial charge >= 0.3 is 0 Å². The van der Waals surface area contributed by atoms with Gasteiger partial charge in [-0.2, -0.15) is 0 Å². The topological polar surface area (TPSA) is 53.6 Å². The fourth-order valence-electron chi connectivity index (χ4n) is 2.60. The van der Waals surface area contributed by atoms with E-state index in [9.17, 15) is 0 Å². The van der Waals surface area contributed by atoms with E-state index >= 15 is 0 Å². The number of imidazole rings is 1. The number of piperidine rings is 1. The van der Waals surface area contributed by atoms with Gasteiger partial charge in [-0.25, -0.2) is 9.97 Å². The SMILES string of the molecule is Cc1cnc2nc(C3CCNC(C)C3)[nH]c2c1. The van der Waals surface area contributed by atoms with Crippen LogP contribution in [0.5, 0.6) is 0 Å². The highest BCUT2D eigenvalue weighted by atomic mass is 15.0. The molecule has 4 nitrogen and oxygen atoms in total. The highest BCUT2D eigenvalue weighted by Crippen LogP contribution is 2.26. The van der Waals surface area contributed by atoms with E-state index in [1.165, 1.54) is 5.56 Å². The van der Waals surface area contributed by atoms with Gasteiger partial charge in [0.05, 0.1) is 5.52 Å². The monoisotopic (exact) mass is 230 g/mol. The molecule has 1 aliphatic heterocycles. The molecule has 1 aliphatic rings. The lowest BCUT2D eigenvalue weighted by Crippen LogP contribution is -2.35. The van der Waals surface area contributed by atoms with Crippen molar-refractivity contribution in [1.29, 1.82) is 0 Å². The zero-order valence-electron chi connectivity index (χ0n) is 10.3. The first-order valence-electron chi connectivity index (χ1n) is 6.28. The summed E-state index contributed by atoms with van der Waals surface area (Å²) in [5, 5.41) is 3.47. The van der Waals surface area contributed by atoms with Crippen molar-refractivity contribution in [1.82, 2.24) is 20.3 Å². The van der Waals surface area contributed by atoms with Gasteiger partial charge in [-0.1, -0.05) is 0 Å². The van der Waals surface area contributed by atoms with Crippen LogP contribution in [0.25, 0.3) is 11.2 Å². The van der Waals surface area contributed by atoms with Gasteiger partial charge in [-0.15, -0.1) is 0 Å². The Morgan fingerprint density at radius 2 is 2.29 bits per heavy atom. The predicted molar refractivity (Wildman–Crippen MR) is 68.1 cm³/mol. The van der Waals surface area contributed by atoms with Gasteiger partial charge in [-0.3, -0.25) is 0 Å². The van der Waals surface area contributed by atoms with Crippen LogP contribution in [0, 0.1) is 6.92 Å². The molecule has 0 spiro atoms. The summed E-state index contributed by atoms with van der Waals surface area (Å²) in [5.41, 5.74) is 3.08. The lowest BCUT2D eigenvalue weighted by Gasteiger charge is -2.26. The minimum Gasteiger partial charge on any atom is -0.340 e. The molecule has 2 aromatic rings. The maximum absolute atomic E-state index is 4.62. The van der Waals surface area contributed by atoms with Crippen LogP contribution < -0.4 is 5.32 Å². The quantitative estimate of drug-likeness (QED) is 0.789. The average molecular weight is 230 g/mol. The van der Waals surface area contributed by atoms with Crippen LogP contribution in [0.1, 0.15) is 37.1 Å². The van der Waals surface area contributed by atoms with E-state index < -0.39 is 0 Å². The number of aromatic amines is 1. The molecule has 2 atom stereocenters. The number of fused-ring (bicyclic) bond motifs is 1. The lowest BCUT2D eigenvalue weighted by molar-refractivity contribution is 0.373. The summed E-state index contributed by atoms with van der Waals surface area (Å²) in [6.07, 6.45) is 4.18. The zero-order chi connectivity index (χ0) is 11.8. The second-order valence-electron chi connectivity index (χ2n) is 5.08. The van der Waals surface area contributed by atoms with E-state index in [0.717, 1.165) is 36.4 Å². The van der Waals surface area contributed by atoms with Crippen LogP contribution in [-0.2, 0) is 0 Å². The van der Waals surface area contributed by atoms with Crippen molar-refractivity contribution in [3.63, 3.8) is 0 Å². The largest absolute Gasteiger partial charge is 0.340 e. The molecule has 17 heavy (non-hydrogen) atoms. The maximum Gasteiger partial charge on any atom is 0.177 e.